The van der Waals surface area contributed by atoms with Gasteiger partial charge in [-0.3, -0.25) is 13.9 Å². The average Bonchev–Trinajstić information content (AvgIpc) is 3.27. The van der Waals surface area contributed by atoms with Gasteiger partial charge in [0.1, 0.15) is 0 Å². The largest absolute Gasteiger partial charge is 0.454 e. The number of ether oxygens (including phenoxy) is 2. The van der Waals surface area contributed by atoms with Crippen LogP contribution in [0.25, 0.3) is 11.2 Å². The van der Waals surface area contributed by atoms with Gasteiger partial charge in [0.15, 0.2) is 27.8 Å². The Balaban J connectivity index is 1.94. The number of nitrogens with zero attached hydrogens (tertiary/aromatic N) is 5. The zero-order valence-electron chi connectivity index (χ0n) is 14.9. The Morgan fingerprint density at radius 2 is 1.96 bits per heavy atom. The number of fused-ring (bicyclic) bond motifs is 2. The summed E-state index contributed by atoms with van der Waals surface area (Å²) in [5, 5.41) is 9.45. The number of hydrogen-bond acceptors (Lipinski definition) is 7. The van der Waals surface area contributed by atoms with Crippen LogP contribution < -0.4 is 20.7 Å². The first-order chi connectivity index (χ1) is 13.4. The molecule has 0 radical (unpaired) electrons. The van der Waals surface area contributed by atoms with Crippen molar-refractivity contribution in [3.63, 3.8) is 0 Å². The zero-order chi connectivity index (χ0) is 20.0. The molecule has 11 heteroatoms. The second-order valence-electron chi connectivity index (χ2n) is 6.10. The van der Waals surface area contributed by atoms with Crippen LogP contribution >= 0.6 is 27.7 Å². The van der Waals surface area contributed by atoms with Gasteiger partial charge < -0.3 is 14.0 Å². The maximum Gasteiger partial charge on any atom is 0.332 e. The fraction of sp³-hybridized carbons (Fsp3) is 0.294. The molecule has 9 nitrogen and oxygen atoms in total. The summed E-state index contributed by atoms with van der Waals surface area (Å²) in [6.07, 6.45) is 0. The van der Waals surface area contributed by atoms with Crippen molar-refractivity contribution in [2.75, 3.05) is 12.5 Å². The molecule has 4 rings (SSSR count). The standard InChI is InChI=1S/C17H14BrN5O4S/c1-21-14-13(15(24)22(2)17(21)25)23(16(20-14)28-4-3-19)7-9-5-11-12(6-10(9)18)27-8-26-11/h5-6H,4,7-8H2,1-2H3. The molecule has 28 heavy (non-hydrogen) atoms. The third-order valence-corrected chi connectivity index (χ3v) is 6.03. The number of hydrogen-bond donors (Lipinski definition) is 0. The van der Waals surface area contributed by atoms with E-state index in [0.29, 0.717) is 28.7 Å². The number of nitriles is 1. The summed E-state index contributed by atoms with van der Waals surface area (Å²) in [5.74, 6) is 1.43. The maximum atomic E-state index is 12.8. The van der Waals surface area contributed by atoms with E-state index in [2.05, 4.69) is 27.0 Å². The normalized spacial score (nSPS) is 12.5. The van der Waals surface area contributed by atoms with E-state index in [1.54, 1.807) is 11.6 Å². The summed E-state index contributed by atoms with van der Waals surface area (Å²) in [6, 6.07) is 5.71. The summed E-state index contributed by atoms with van der Waals surface area (Å²) in [6.45, 7) is 0.458. The molecule has 0 unspecified atom stereocenters. The van der Waals surface area contributed by atoms with Crippen molar-refractivity contribution in [1.29, 1.82) is 5.26 Å². The summed E-state index contributed by atoms with van der Waals surface area (Å²) in [7, 11) is 3.00. The monoisotopic (exact) mass is 463 g/mol. The van der Waals surface area contributed by atoms with Crippen LogP contribution in [0.15, 0.2) is 31.4 Å². The average molecular weight is 464 g/mol. The van der Waals surface area contributed by atoms with Crippen molar-refractivity contribution in [2.45, 2.75) is 11.7 Å². The molecule has 0 atom stereocenters. The van der Waals surface area contributed by atoms with Crippen LogP contribution in [0.4, 0.5) is 0 Å². The minimum atomic E-state index is -0.455. The smallest absolute Gasteiger partial charge is 0.332 e. The topological polar surface area (TPSA) is 104 Å². The van der Waals surface area contributed by atoms with Gasteiger partial charge in [-0.05, 0) is 17.7 Å². The van der Waals surface area contributed by atoms with Gasteiger partial charge in [-0.25, -0.2) is 9.78 Å². The number of imidazole rings is 1. The minimum absolute atomic E-state index is 0.158. The molecule has 1 aliphatic heterocycles. The second-order valence-corrected chi connectivity index (χ2v) is 7.90. The summed E-state index contributed by atoms with van der Waals surface area (Å²) in [4.78, 5) is 29.6. The summed E-state index contributed by atoms with van der Waals surface area (Å²) in [5.41, 5.74) is 0.535. The van der Waals surface area contributed by atoms with Crippen molar-refractivity contribution in [3.8, 4) is 17.6 Å². The Morgan fingerprint density at radius 1 is 1.25 bits per heavy atom. The van der Waals surface area contributed by atoms with E-state index >= 15 is 0 Å². The highest BCUT2D eigenvalue weighted by Gasteiger charge is 2.22. The van der Waals surface area contributed by atoms with E-state index in [1.807, 2.05) is 12.1 Å². The molecule has 3 aromatic rings. The van der Waals surface area contributed by atoms with E-state index in [9.17, 15) is 9.59 Å². The van der Waals surface area contributed by atoms with Gasteiger partial charge in [-0.15, -0.1) is 0 Å². The van der Waals surface area contributed by atoms with Crippen molar-refractivity contribution in [1.82, 2.24) is 18.7 Å². The van der Waals surface area contributed by atoms with Crippen molar-refractivity contribution in [3.05, 3.63) is 43.0 Å². The fourth-order valence-electron chi connectivity index (χ4n) is 3.03. The quantitative estimate of drug-likeness (QED) is 0.540. The first kappa shape index (κ1) is 18.6. The van der Waals surface area contributed by atoms with Crippen LogP contribution in [-0.2, 0) is 20.6 Å². The van der Waals surface area contributed by atoms with Gasteiger partial charge in [0.25, 0.3) is 5.56 Å². The van der Waals surface area contributed by atoms with E-state index in [1.165, 1.54) is 23.4 Å². The van der Waals surface area contributed by atoms with Crippen LogP contribution in [0, 0.1) is 11.3 Å². The predicted molar refractivity (Wildman–Crippen MR) is 106 cm³/mol. The number of aryl methyl sites for hydroxylation is 1. The van der Waals surface area contributed by atoms with Gasteiger partial charge in [0.05, 0.1) is 18.4 Å². The van der Waals surface area contributed by atoms with Crippen LogP contribution in [0.5, 0.6) is 11.5 Å². The van der Waals surface area contributed by atoms with E-state index < -0.39 is 11.2 Å². The minimum Gasteiger partial charge on any atom is -0.454 e. The number of halogens is 1. The molecule has 3 heterocycles. The zero-order valence-corrected chi connectivity index (χ0v) is 17.3. The Bertz CT molecular complexity index is 1270. The van der Waals surface area contributed by atoms with Crippen molar-refractivity contribution in [2.24, 2.45) is 14.1 Å². The highest BCUT2D eigenvalue weighted by atomic mass is 79.9. The molecule has 1 aromatic carbocycles. The molecule has 144 valence electrons. The third kappa shape index (κ3) is 2.89. The number of thioether (sulfide) groups is 1. The molecule has 0 aliphatic carbocycles. The fourth-order valence-corrected chi connectivity index (χ4v) is 4.14. The number of aromatic nitrogens is 4. The summed E-state index contributed by atoms with van der Waals surface area (Å²) < 4.78 is 15.7. The van der Waals surface area contributed by atoms with Crippen LogP contribution in [0.1, 0.15) is 5.56 Å². The Labute approximate surface area is 171 Å². The van der Waals surface area contributed by atoms with Gasteiger partial charge >= 0.3 is 5.69 Å². The predicted octanol–water partition coefficient (Wildman–Crippen LogP) is 1.59. The lowest BCUT2D eigenvalue weighted by molar-refractivity contribution is 0.174. The number of benzene rings is 1. The Kier molecular flexibility index (Phi) is 4.68. The molecular formula is C17H14BrN5O4S. The van der Waals surface area contributed by atoms with Crippen molar-refractivity contribution >= 4 is 38.9 Å². The molecule has 0 spiro atoms. The Hall–Kier alpha value is -2.71. The van der Waals surface area contributed by atoms with Crippen LogP contribution in [-0.4, -0.2) is 31.2 Å². The third-order valence-electron chi connectivity index (χ3n) is 4.45. The molecule has 0 saturated heterocycles. The summed E-state index contributed by atoms with van der Waals surface area (Å²) >= 11 is 4.74. The lowest BCUT2D eigenvalue weighted by atomic mass is 10.2. The first-order valence-electron chi connectivity index (χ1n) is 8.16. The van der Waals surface area contributed by atoms with Gasteiger partial charge in [0, 0.05) is 18.6 Å². The molecule has 0 amide bonds. The highest BCUT2D eigenvalue weighted by Crippen LogP contribution is 2.37. The van der Waals surface area contributed by atoms with E-state index in [4.69, 9.17) is 14.7 Å². The molecule has 0 saturated carbocycles. The van der Waals surface area contributed by atoms with Gasteiger partial charge in [-0.1, -0.05) is 27.7 Å². The molecule has 1 aliphatic rings. The maximum absolute atomic E-state index is 12.8. The van der Waals surface area contributed by atoms with Crippen LogP contribution in [0.2, 0.25) is 0 Å². The Morgan fingerprint density at radius 3 is 2.68 bits per heavy atom. The second kappa shape index (κ2) is 7.03. The van der Waals surface area contributed by atoms with E-state index in [-0.39, 0.29) is 18.2 Å². The van der Waals surface area contributed by atoms with Gasteiger partial charge in [-0.2, -0.15) is 5.26 Å². The molecule has 0 bridgehead atoms. The highest BCUT2D eigenvalue weighted by molar-refractivity contribution is 9.10. The lowest BCUT2D eigenvalue weighted by Crippen LogP contribution is -2.37. The molecule has 0 N–H and O–H groups in total. The molecule has 2 aromatic heterocycles. The first-order valence-corrected chi connectivity index (χ1v) is 9.94. The molecule has 0 fully saturated rings. The van der Waals surface area contributed by atoms with E-state index in [0.717, 1.165) is 14.6 Å². The SMILES string of the molecule is Cn1c(=O)c2c(nc(SCC#N)n2Cc2cc3c(cc2Br)OCO3)n(C)c1=O. The molecular weight excluding hydrogens is 450 g/mol. The lowest BCUT2D eigenvalue weighted by Gasteiger charge is -2.11. The van der Waals surface area contributed by atoms with Gasteiger partial charge in [0.2, 0.25) is 6.79 Å². The van der Waals surface area contributed by atoms with Crippen molar-refractivity contribution < 1.29 is 9.47 Å². The van der Waals surface area contributed by atoms with Crippen LogP contribution in [0.3, 0.4) is 0 Å². The number of rotatable bonds is 4.